The van der Waals surface area contributed by atoms with Crippen molar-refractivity contribution in [2.75, 3.05) is 26.9 Å². The third-order valence-electron chi connectivity index (χ3n) is 7.70. The minimum Gasteiger partial charge on any atom is -0.507 e. The molecule has 0 saturated carbocycles. The van der Waals surface area contributed by atoms with Crippen LogP contribution in [-0.4, -0.2) is 65.0 Å². The van der Waals surface area contributed by atoms with Gasteiger partial charge in [-0.05, 0) is 60.1 Å². The Kier molecular flexibility index (Phi) is 9.15. The average Bonchev–Trinajstić information content (AvgIpc) is 3.16. The van der Waals surface area contributed by atoms with E-state index in [-0.39, 0.29) is 30.8 Å². The van der Waals surface area contributed by atoms with E-state index in [2.05, 4.69) is 0 Å². The van der Waals surface area contributed by atoms with Gasteiger partial charge >= 0.3 is 0 Å². The highest BCUT2D eigenvalue weighted by atomic mass is 16.5. The second-order valence-electron chi connectivity index (χ2n) is 10.1. The molecular formula is C31H37NO6. The summed E-state index contributed by atoms with van der Waals surface area (Å²) in [5, 5.41) is 32.3. The summed E-state index contributed by atoms with van der Waals surface area (Å²) in [5.74, 6) is -2.13. The van der Waals surface area contributed by atoms with E-state index in [0.717, 1.165) is 16.7 Å². The molecule has 1 aliphatic carbocycles. The van der Waals surface area contributed by atoms with Crippen molar-refractivity contribution in [3.05, 3.63) is 76.9 Å². The zero-order valence-corrected chi connectivity index (χ0v) is 22.0. The molecule has 38 heavy (non-hydrogen) atoms. The van der Waals surface area contributed by atoms with Gasteiger partial charge in [0.15, 0.2) is 0 Å². The van der Waals surface area contributed by atoms with Crippen LogP contribution in [0.3, 0.4) is 0 Å². The SMILES string of the molecule is CCCN1C(=O)[C@@H]2[C@@H](CC(COC)=C([C@H](O)CC/C(=C/c3ccccc3O)c3ccccc3)[C@@H]2CO)C1=O. The number of methoxy groups -OCH3 is 1. The van der Waals surface area contributed by atoms with Crippen LogP contribution < -0.4 is 0 Å². The van der Waals surface area contributed by atoms with Crippen LogP contribution in [0.15, 0.2) is 65.7 Å². The summed E-state index contributed by atoms with van der Waals surface area (Å²) in [6.45, 7) is 2.17. The molecule has 3 N–H and O–H groups in total. The topological polar surface area (TPSA) is 107 Å². The highest BCUT2D eigenvalue weighted by Gasteiger charge is 2.54. The number of fused-ring (bicyclic) bond motifs is 1. The molecule has 0 radical (unpaired) electrons. The number of hydrogen-bond acceptors (Lipinski definition) is 6. The zero-order chi connectivity index (χ0) is 27.2. The van der Waals surface area contributed by atoms with Gasteiger partial charge in [-0.2, -0.15) is 0 Å². The Hall–Kier alpha value is -3.26. The molecule has 7 heteroatoms. The zero-order valence-electron chi connectivity index (χ0n) is 22.0. The lowest BCUT2D eigenvalue weighted by Crippen LogP contribution is -2.39. The van der Waals surface area contributed by atoms with Crippen LogP contribution in [0.4, 0.5) is 0 Å². The first-order valence-corrected chi connectivity index (χ1v) is 13.3. The Labute approximate surface area is 224 Å². The number of rotatable bonds is 11. The number of ether oxygens (including phenoxy) is 1. The first kappa shape index (κ1) is 27.8. The molecule has 4 atom stereocenters. The molecule has 2 aromatic carbocycles. The molecule has 0 unspecified atom stereocenters. The largest absolute Gasteiger partial charge is 0.507 e. The molecule has 0 aromatic heterocycles. The van der Waals surface area contributed by atoms with E-state index in [0.29, 0.717) is 43.4 Å². The predicted octanol–water partition coefficient (Wildman–Crippen LogP) is 4.04. The van der Waals surface area contributed by atoms with Gasteiger partial charge in [0.2, 0.25) is 11.8 Å². The van der Waals surface area contributed by atoms with Crippen molar-refractivity contribution >= 4 is 23.5 Å². The third-order valence-corrected chi connectivity index (χ3v) is 7.70. The van der Waals surface area contributed by atoms with Crippen LogP contribution >= 0.6 is 0 Å². The van der Waals surface area contributed by atoms with Gasteiger partial charge in [0.05, 0.1) is 31.2 Å². The van der Waals surface area contributed by atoms with Gasteiger partial charge in [0, 0.05) is 25.1 Å². The maximum atomic E-state index is 13.3. The van der Waals surface area contributed by atoms with Gasteiger partial charge in [-0.25, -0.2) is 0 Å². The number of phenolic OH excluding ortho intramolecular Hbond substituents is 1. The number of hydrogen-bond donors (Lipinski definition) is 3. The maximum absolute atomic E-state index is 13.3. The van der Waals surface area contributed by atoms with E-state index < -0.39 is 23.9 Å². The number of nitrogens with zero attached hydrogens (tertiary/aromatic N) is 1. The molecule has 202 valence electrons. The van der Waals surface area contributed by atoms with Crippen molar-refractivity contribution in [2.24, 2.45) is 17.8 Å². The molecule has 1 fully saturated rings. The maximum Gasteiger partial charge on any atom is 0.233 e. The fourth-order valence-corrected chi connectivity index (χ4v) is 5.97. The minimum absolute atomic E-state index is 0.172. The number of carbonyl (C=O) groups excluding carboxylic acids is 2. The summed E-state index contributed by atoms with van der Waals surface area (Å²) >= 11 is 0. The molecule has 2 aliphatic rings. The van der Waals surface area contributed by atoms with Gasteiger partial charge < -0.3 is 20.1 Å². The lowest BCUT2D eigenvalue weighted by Gasteiger charge is -2.36. The van der Waals surface area contributed by atoms with Crippen molar-refractivity contribution in [3.8, 4) is 5.75 Å². The van der Waals surface area contributed by atoms with Crippen LogP contribution in [0.25, 0.3) is 11.6 Å². The number of aliphatic hydroxyl groups is 2. The van der Waals surface area contributed by atoms with Gasteiger partial charge in [-0.15, -0.1) is 0 Å². The molecule has 1 saturated heterocycles. The molecule has 1 aliphatic heterocycles. The second kappa shape index (κ2) is 12.5. The van der Waals surface area contributed by atoms with E-state index in [1.807, 2.05) is 55.5 Å². The Balaban J connectivity index is 1.64. The molecule has 0 bridgehead atoms. The highest BCUT2D eigenvalue weighted by molar-refractivity contribution is 6.05. The van der Waals surface area contributed by atoms with Gasteiger partial charge in [-0.3, -0.25) is 14.5 Å². The number of phenols is 1. The summed E-state index contributed by atoms with van der Waals surface area (Å²) in [6.07, 6.45) is 2.82. The Morgan fingerprint density at radius 2 is 1.82 bits per heavy atom. The normalized spacial score (nSPS) is 22.7. The van der Waals surface area contributed by atoms with E-state index in [9.17, 15) is 24.9 Å². The number of aromatic hydroxyl groups is 1. The highest BCUT2D eigenvalue weighted by Crippen LogP contribution is 2.46. The van der Waals surface area contributed by atoms with E-state index in [1.165, 1.54) is 4.90 Å². The summed E-state index contributed by atoms with van der Waals surface area (Å²) in [6, 6.07) is 16.9. The number of likely N-dealkylation sites (tertiary alicyclic amines) is 1. The second-order valence-corrected chi connectivity index (χ2v) is 10.1. The lowest BCUT2D eigenvalue weighted by molar-refractivity contribution is -0.140. The number of carbonyl (C=O) groups is 2. The number of aliphatic hydroxyl groups excluding tert-OH is 2. The molecule has 7 nitrogen and oxygen atoms in total. The molecule has 1 heterocycles. The van der Waals surface area contributed by atoms with Gasteiger partial charge in [-0.1, -0.05) is 55.5 Å². The number of amides is 2. The monoisotopic (exact) mass is 519 g/mol. The number of para-hydroxylation sites is 1. The standard InChI is InChI=1S/C31H37NO6/c1-3-15-32-30(36)24-17-23(19-38-2)28(25(18-33)29(24)31(32)37)27(35)14-13-21(20-9-5-4-6-10-20)16-22-11-7-8-12-26(22)34/h4-12,16,24-25,27,29,33-35H,3,13-15,17-19H2,1-2H3/b21-16-/t24-,25+,27-,29-/m1/s1. The molecule has 2 amide bonds. The van der Waals surface area contributed by atoms with Crippen molar-refractivity contribution in [2.45, 2.75) is 38.7 Å². The van der Waals surface area contributed by atoms with Crippen LogP contribution in [0.5, 0.6) is 5.75 Å². The van der Waals surface area contributed by atoms with Crippen molar-refractivity contribution in [3.63, 3.8) is 0 Å². The molecule has 4 rings (SSSR count). The Bertz CT molecular complexity index is 1200. The minimum atomic E-state index is -0.933. The quantitative estimate of drug-likeness (QED) is 0.235. The van der Waals surface area contributed by atoms with Crippen molar-refractivity contribution in [1.29, 1.82) is 0 Å². The summed E-state index contributed by atoms with van der Waals surface area (Å²) in [7, 11) is 1.56. The Morgan fingerprint density at radius 3 is 2.47 bits per heavy atom. The number of allylic oxidation sites excluding steroid dienone is 1. The fraction of sp³-hybridized carbons (Fsp3) is 0.419. The smallest absolute Gasteiger partial charge is 0.233 e. The summed E-state index contributed by atoms with van der Waals surface area (Å²) in [4.78, 5) is 27.6. The lowest BCUT2D eigenvalue weighted by atomic mass is 9.68. The first-order valence-electron chi connectivity index (χ1n) is 13.3. The number of benzene rings is 2. The van der Waals surface area contributed by atoms with Crippen LogP contribution in [0.1, 0.15) is 43.7 Å². The fourth-order valence-electron chi connectivity index (χ4n) is 5.97. The van der Waals surface area contributed by atoms with E-state index in [1.54, 1.807) is 19.2 Å². The van der Waals surface area contributed by atoms with Gasteiger partial charge in [0.1, 0.15) is 5.75 Å². The van der Waals surface area contributed by atoms with Crippen molar-refractivity contribution < 1.29 is 29.6 Å². The molecule has 0 spiro atoms. The van der Waals surface area contributed by atoms with Gasteiger partial charge in [0.25, 0.3) is 0 Å². The van der Waals surface area contributed by atoms with E-state index >= 15 is 0 Å². The van der Waals surface area contributed by atoms with Crippen LogP contribution in [0, 0.1) is 17.8 Å². The van der Waals surface area contributed by atoms with E-state index in [4.69, 9.17) is 4.74 Å². The summed E-state index contributed by atoms with van der Waals surface area (Å²) in [5.41, 5.74) is 3.99. The third kappa shape index (κ3) is 5.60. The van der Waals surface area contributed by atoms with Crippen LogP contribution in [0.2, 0.25) is 0 Å². The van der Waals surface area contributed by atoms with Crippen LogP contribution in [-0.2, 0) is 14.3 Å². The molecule has 2 aromatic rings. The molecular weight excluding hydrogens is 482 g/mol. The average molecular weight is 520 g/mol. The number of imide groups is 1. The summed E-state index contributed by atoms with van der Waals surface area (Å²) < 4.78 is 5.43. The van der Waals surface area contributed by atoms with Crippen molar-refractivity contribution in [1.82, 2.24) is 4.90 Å². The first-order chi connectivity index (χ1) is 18.4. The predicted molar refractivity (Wildman–Crippen MR) is 146 cm³/mol. The Morgan fingerprint density at radius 1 is 1.11 bits per heavy atom.